The van der Waals surface area contributed by atoms with Crippen molar-refractivity contribution in [1.29, 1.82) is 0 Å². The monoisotopic (exact) mass is 247 g/mol. The Morgan fingerprint density at radius 3 is 2.38 bits per heavy atom. The number of hydrogen-bond donors (Lipinski definition) is 0. The minimum atomic E-state index is -0.492. The van der Waals surface area contributed by atoms with Crippen molar-refractivity contribution in [2.45, 2.75) is 26.9 Å². The van der Waals surface area contributed by atoms with Crippen LogP contribution in [0.15, 0.2) is 12.2 Å². The standard InChI is InChI=1S/C11H18ClNO3/c1-4-13(5-2)10(14)7-6-9(3)16-11(15)8-12/h6-7,9H,4-5,8H2,1-3H3. The van der Waals surface area contributed by atoms with Gasteiger partial charge in [0.05, 0.1) is 0 Å². The van der Waals surface area contributed by atoms with E-state index in [0.717, 1.165) is 0 Å². The molecule has 0 aliphatic heterocycles. The van der Waals surface area contributed by atoms with Crippen molar-refractivity contribution < 1.29 is 14.3 Å². The van der Waals surface area contributed by atoms with Gasteiger partial charge in [-0.3, -0.25) is 9.59 Å². The first kappa shape index (κ1) is 15.0. The van der Waals surface area contributed by atoms with E-state index in [4.69, 9.17) is 16.3 Å². The van der Waals surface area contributed by atoms with Crippen molar-refractivity contribution in [2.75, 3.05) is 19.0 Å². The van der Waals surface area contributed by atoms with Crippen LogP contribution in [0.25, 0.3) is 0 Å². The molecule has 0 aromatic carbocycles. The number of nitrogens with zero attached hydrogens (tertiary/aromatic N) is 1. The molecular formula is C11H18ClNO3. The summed E-state index contributed by atoms with van der Waals surface area (Å²) in [5, 5.41) is 0. The van der Waals surface area contributed by atoms with Crippen LogP contribution in [0.4, 0.5) is 0 Å². The molecule has 1 atom stereocenters. The number of carbonyl (C=O) groups is 2. The van der Waals surface area contributed by atoms with E-state index >= 15 is 0 Å². The lowest BCUT2D eigenvalue weighted by molar-refractivity contribution is -0.143. The van der Waals surface area contributed by atoms with Crippen LogP contribution in [0.3, 0.4) is 0 Å². The van der Waals surface area contributed by atoms with Crippen molar-refractivity contribution in [2.24, 2.45) is 0 Å². The first-order chi connectivity index (χ1) is 7.54. The number of alkyl halides is 1. The molecule has 0 spiro atoms. The largest absolute Gasteiger partial charge is 0.458 e. The van der Waals surface area contributed by atoms with Crippen LogP contribution in [0.1, 0.15) is 20.8 Å². The van der Waals surface area contributed by atoms with E-state index in [0.29, 0.717) is 13.1 Å². The zero-order valence-corrected chi connectivity index (χ0v) is 10.7. The number of hydrogen-bond acceptors (Lipinski definition) is 3. The Bertz CT molecular complexity index is 262. The lowest BCUT2D eigenvalue weighted by atomic mass is 10.3. The van der Waals surface area contributed by atoms with E-state index in [1.54, 1.807) is 17.9 Å². The van der Waals surface area contributed by atoms with Crippen LogP contribution in [-0.2, 0) is 14.3 Å². The molecule has 0 fully saturated rings. The van der Waals surface area contributed by atoms with Crippen LogP contribution >= 0.6 is 11.6 Å². The highest BCUT2D eigenvalue weighted by Crippen LogP contribution is 1.97. The molecule has 16 heavy (non-hydrogen) atoms. The Labute approximate surface area is 101 Å². The molecule has 0 rings (SSSR count). The summed E-state index contributed by atoms with van der Waals surface area (Å²) in [6.45, 7) is 6.82. The molecule has 0 saturated carbocycles. The van der Waals surface area contributed by atoms with Crippen molar-refractivity contribution in [3.05, 3.63) is 12.2 Å². The van der Waals surface area contributed by atoms with E-state index in [-0.39, 0.29) is 11.8 Å². The quantitative estimate of drug-likeness (QED) is 0.407. The van der Waals surface area contributed by atoms with Gasteiger partial charge in [-0.1, -0.05) is 0 Å². The highest BCUT2D eigenvalue weighted by molar-refractivity contribution is 6.26. The van der Waals surface area contributed by atoms with Gasteiger partial charge in [-0.2, -0.15) is 0 Å². The lowest BCUT2D eigenvalue weighted by Gasteiger charge is -2.16. The molecule has 1 unspecified atom stereocenters. The second-order valence-electron chi connectivity index (χ2n) is 3.20. The van der Waals surface area contributed by atoms with E-state index in [1.165, 1.54) is 6.08 Å². The average molecular weight is 248 g/mol. The molecule has 0 aliphatic rings. The predicted octanol–water partition coefficient (Wildman–Crippen LogP) is 1.58. The fourth-order valence-electron chi connectivity index (χ4n) is 1.14. The highest BCUT2D eigenvalue weighted by Gasteiger charge is 2.08. The molecule has 0 N–H and O–H groups in total. The summed E-state index contributed by atoms with van der Waals surface area (Å²) in [6, 6.07) is 0. The van der Waals surface area contributed by atoms with Gasteiger partial charge in [-0.15, -0.1) is 11.6 Å². The third-order valence-corrected chi connectivity index (χ3v) is 2.23. The maximum Gasteiger partial charge on any atom is 0.321 e. The fourth-order valence-corrected chi connectivity index (χ4v) is 1.20. The fraction of sp³-hybridized carbons (Fsp3) is 0.636. The molecule has 0 saturated heterocycles. The Kier molecular flexibility index (Phi) is 7.64. The smallest absolute Gasteiger partial charge is 0.321 e. The Hall–Kier alpha value is -1.03. The SMILES string of the molecule is CCN(CC)C(=O)C=CC(C)OC(=O)CCl. The molecule has 1 amide bonds. The molecule has 0 radical (unpaired) electrons. The van der Waals surface area contributed by atoms with Gasteiger partial charge in [0.15, 0.2) is 0 Å². The van der Waals surface area contributed by atoms with Gasteiger partial charge in [0.25, 0.3) is 0 Å². The maximum atomic E-state index is 11.5. The molecule has 0 aliphatic carbocycles. The summed E-state index contributed by atoms with van der Waals surface area (Å²) in [7, 11) is 0. The van der Waals surface area contributed by atoms with Gasteiger partial charge in [-0.25, -0.2) is 0 Å². The minimum absolute atomic E-state index is 0.0845. The summed E-state index contributed by atoms with van der Waals surface area (Å²) in [5.41, 5.74) is 0. The predicted molar refractivity (Wildman–Crippen MR) is 63.3 cm³/mol. The summed E-state index contributed by atoms with van der Waals surface area (Å²) in [5.74, 6) is -0.754. The topological polar surface area (TPSA) is 46.6 Å². The number of ether oxygens (including phenoxy) is 1. The van der Waals surface area contributed by atoms with Gasteiger partial charge in [0.2, 0.25) is 5.91 Å². The van der Waals surface area contributed by atoms with E-state index < -0.39 is 12.1 Å². The van der Waals surface area contributed by atoms with E-state index in [9.17, 15) is 9.59 Å². The lowest BCUT2D eigenvalue weighted by Crippen LogP contribution is -2.29. The molecular weight excluding hydrogens is 230 g/mol. The number of likely N-dealkylation sites (N-methyl/N-ethyl adjacent to an activating group) is 1. The number of esters is 1. The molecule has 0 bridgehead atoms. The summed E-state index contributed by atoms with van der Waals surface area (Å²) >= 11 is 5.28. The van der Waals surface area contributed by atoms with Gasteiger partial charge >= 0.3 is 5.97 Å². The van der Waals surface area contributed by atoms with Crippen molar-refractivity contribution in [3.63, 3.8) is 0 Å². The third-order valence-electron chi connectivity index (χ3n) is 2.01. The maximum absolute atomic E-state index is 11.5. The van der Waals surface area contributed by atoms with Crippen molar-refractivity contribution >= 4 is 23.5 Å². The van der Waals surface area contributed by atoms with Crippen LogP contribution in [0, 0.1) is 0 Å². The van der Waals surface area contributed by atoms with Crippen LogP contribution in [-0.4, -0.2) is 41.8 Å². The molecule has 0 aromatic rings. The summed E-state index contributed by atoms with van der Waals surface area (Å²) in [6.07, 6.45) is 2.52. The van der Waals surface area contributed by atoms with Gasteiger partial charge in [0, 0.05) is 19.2 Å². The zero-order chi connectivity index (χ0) is 12.6. The van der Waals surface area contributed by atoms with Crippen LogP contribution in [0.2, 0.25) is 0 Å². The molecule has 92 valence electrons. The van der Waals surface area contributed by atoms with Crippen molar-refractivity contribution in [1.82, 2.24) is 4.90 Å². The minimum Gasteiger partial charge on any atom is -0.458 e. The second kappa shape index (κ2) is 8.16. The van der Waals surface area contributed by atoms with Crippen molar-refractivity contribution in [3.8, 4) is 0 Å². The first-order valence-corrected chi connectivity index (χ1v) is 5.81. The summed E-state index contributed by atoms with van der Waals surface area (Å²) < 4.78 is 4.87. The molecule has 0 heterocycles. The number of rotatable bonds is 6. The Morgan fingerprint density at radius 2 is 1.94 bits per heavy atom. The first-order valence-electron chi connectivity index (χ1n) is 5.27. The third kappa shape index (κ3) is 5.75. The van der Waals surface area contributed by atoms with Crippen LogP contribution < -0.4 is 0 Å². The van der Waals surface area contributed by atoms with Gasteiger partial charge < -0.3 is 9.64 Å². The highest BCUT2D eigenvalue weighted by atomic mass is 35.5. The normalized spacial score (nSPS) is 12.5. The Balaban J connectivity index is 4.16. The zero-order valence-electron chi connectivity index (χ0n) is 9.90. The van der Waals surface area contributed by atoms with Gasteiger partial charge in [-0.05, 0) is 26.8 Å². The summed E-state index contributed by atoms with van der Waals surface area (Å²) in [4.78, 5) is 24.0. The Morgan fingerprint density at radius 1 is 1.38 bits per heavy atom. The second-order valence-corrected chi connectivity index (χ2v) is 3.47. The molecule has 4 nitrogen and oxygen atoms in total. The number of amides is 1. The molecule has 5 heteroatoms. The average Bonchev–Trinajstić information content (AvgIpc) is 2.27. The van der Waals surface area contributed by atoms with Crippen LogP contribution in [0.5, 0.6) is 0 Å². The number of carbonyl (C=O) groups excluding carboxylic acids is 2. The van der Waals surface area contributed by atoms with Gasteiger partial charge in [0.1, 0.15) is 12.0 Å². The number of halogens is 1. The molecule has 0 aromatic heterocycles. The van der Waals surface area contributed by atoms with E-state index in [1.807, 2.05) is 13.8 Å². The van der Waals surface area contributed by atoms with E-state index in [2.05, 4.69) is 0 Å².